The summed E-state index contributed by atoms with van der Waals surface area (Å²) in [4.78, 5) is 39.8. The van der Waals surface area contributed by atoms with Gasteiger partial charge in [0.2, 0.25) is 0 Å². The van der Waals surface area contributed by atoms with Crippen LogP contribution in [0.5, 0.6) is 11.5 Å². The monoisotopic (exact) mass is 1210 g/mol. The molecular formula is C80H92N2O4S2. The van der Waals surface area contributed by atoms with Gasteiger partial charge in [0.1, 0.15) is 21.5 Å². The third-order valence-electron chi connectivity index (χ3n) is 19.3. The summed E-state index contributed by atoms with van der Waals surface area (Å²) in [6, 6.07) is 50.3. The fraction of sp³-hybridized carbons (Fsp3) is 0.425. The Balaban J connectivity index is 1.17. The van der Waals surface area contributed by atoms with Gasteiger partial charge in [0.05, 0.1) is 42.7 Å². The second-order valence-electron chi connectivity index (χ2n) is 25.5. The average molecular weight is 1210 g/mol. The Hall–Kier alpha value is -6.74. The summed E-state index contributed by atoms with van der Waals surface area (Å²) >= 11 is 3.35. The minimum absolute atomic E-state index is 0.337. The summed E-state index contributed by atoms with van der Waals surface area (Å²) in [6.07, 6.45) is 33.1. The molecule has 0 saturated heterocycles. The number of carbonyl (C=O) groups excluding carboxylic acids is 2. The van der Waals surface area contributed by atoms with E-state index in [9.17, 15) is 9.59 Å². The van der Waals surface area contributed by atoms with Crippen molar-refractivity contribution < 1.29 is 19.1 Å². The van der Waals surface area contributed by atoms with Crippen LogP contribution >= 0.6 is 22.7 Å². The fourth-order valence-corrected chi connectivity index (χ4v) is 16.6. The summed E-state index contributed by atoms with van der Waals surface area (Å²) in [7, 11) is 0. The Morgan fingerprint density at radius 3 is 0.955 bits per heavy atom. The van der Waals surface area contributed by atoms with Crippen LogP contribution in [0.3, 0.4) is 0 Å². The molecule has 2 aliphatic carbocycles. The molecule has 2 aromatic heterocycles. The number of ether oxygens (including phenoxy) is 2. The highest BCUT2D eigenvalue weighted by atomic mass is 32.1. The van der Waals surface area contributed by atoms with E-state index in [1.165, 1.54) is 173 Å². The number of benzene rings is 7. The number of thiazole rings is 2. The van der Waals surface area contributed by atoms with Gasteiger partial charge in [-0.1, -0.05) is 242 Å². The number of fused-ring (bicyclic) bond motifs is 8. The SMILES string of the molecule is CCCCCCCCC1(CCCCCCCC)c2cc(-c3nc4ccccc4s3)c(OC(=O)c3ccccc3)cc2-c2cc3c(cc21)-c1cc(OC(=O)c2ccccc2)c(-c2nc4ccccc4s2)cc1C3(CCCCCCCC)CCCCCCCC. The van der Waals surface area contributed by atoms with Crippen LogP contribution < -0.4 is 9.47 Å². The zero-order valence-electron chi connectivity index (χ0n) is 53.0. The van der Waals surface area contributed by atoms with Gasteiger partial charge in [0.15, 0.2) is 0 Å². The van der Waals surface area contributed by atoms with E-state index in [4.69, 9.17) is 19.4 Å². The van der Waals surface area contributed by atoms with Gasteiger partial charge in [-0.15, -0.1) is 22.7 Å². The maximum absolute atomic E-state index is 14.6. The zero-order chi connectivity index (χ0) is 60.7. The number of hydrogen-bond donors (Lipinski definition) is 0. The maximum atomic E-state index is 14.6. The summed E-state index contributed by atoms with van der Waals surface area (Å²) in [6.45, 7) is 9.23. The number of hydrogen-bond acceptors (Lipinski definition) is 8. The molecule has 11 rings (SSSR count). The van der Waals surface area contributed by atoms with Crippen LogP contribution in [0.2, 0.25) is 0 Å². The molecule has 0 unspecified atom stereocenters. The smallest absolute Gasteiger partial charge is 0.343 e. The molecule has 7 aromatic carbocycles. The molecule has 9 aromatic rings. The number of para-hydroxylation sites is 2. The first-order chi connectivity index (χ1) is 43.3. The van der Waals surface area contributed by atoms with Gasteiger partial charge in [0, 0.05) is 10.8 Å². The van der Waals surface area contributed by atoms with Crippen molar-refractivity contribution in [2.75, 3.05) is 0 Å². The quantitative estimate of drug-likeness (QED) is 0.0227. The predicted octanol–water partition coefficient (Wildman–Crippen LogP) is 24.2. The van der Waals surface area contributed by atoms with Gasteiger partial charge >= 0.3 is 11.9 Å². The summed E-state index contributed by atoms with van der Waals surface area (Å²) in [5, 5.41) is 1.72. The average Bonchev–Trinajstić information content (AvgIpc) is 1.54. The fourth-order valence-electron chi connectivity index (χ4n) is 14.6. The Kier molecular flexibility index (Phi) is 21.6. The van der Waals surface area contributed by atoms with E-state index < -0.39 is 0 Å². The number of rotatable bonds is 34. The van der Waals surface area contributed by atoms with Gasteiger partial charge < -0.3 is 9.47 Å². The normalized spacial score (nSPS) is 13.4. The molecule has 0 aliphatic heterocycles. The summed E-state index contributed by atoms with van der Waals surface area (Å²) in [5.41, 5.74) is 14.3. The van der Waals surface area contributed by atoms with Gasteiger partial charge in [-0.2, -0.15) is 0 Å². The molecule has 0 N–H and O–H groups in total. The third-order valence-corrected chi connectivity index (χ3v) is 21.5. The molecule has 0 saturated carbocycles. The molecule has 2 aliphatic rings. The second kappa shape index (κ2) is 30.2. The largest absolute Gasteiger partial charge is 0.422 e. The highest BCUT2D eigenvalue weighted by Crippen LogP contribution is 2.63. The first-order valence-corrected chi connectivity index (χ1v) is 35.8. The summed E-state index contributed by atoms with van der Waals surface area (Å²) < 4.78 is 15.7. The number of aromatic nitrogens is 2. The molecule has 88 heavy (non-hydrogen) atoms. The van der Waals surface area contributed by atoms with Crippen LogP contribution in [-0.4, -0.2) is 21.9 Å². The van der Waals surface area contributed by atoms with Crippen LogP contribution in [-0.2, 0) is 10.8 Å². The van der Waals surface area contributed by atoms with Crippen molar-refractivity contribution in [3.05, 3.63) is 179 Å². The minimum Gasteiger partial charge on any atom is -0.422 e. The lowest BCUT2D eigenvalue weighted by molar-refractivity contribution is 0.0726. The van der Waals surface area contributed by atoms with Crippen LogP contribution in [0.1, 0.15) is 250 Å². The van der Waals surface area contributed by atoms with E-state index in [-0.39, 0.29) is 22.8 Å². The van der Waals surface area contributed by atoms with Crippen LogP contribution in [0.25, 0.3) is 63.8 Å². The molecule has 8 heteroatoms. The molecule has 0 bridgehead atoms. The first kappa shape index (κ1) is 62.9. The number of nitrogens with zero attached hydrogens (tertiary/aromatic N) is 2. The third kappa shape index (κ3) is 13.8. The topological polar surface area (TPSA) is 78.4 Å². The van der Waals surface area contributed by atoms with E-state index in [1.54, 1.807) is 22.7 Å². The highest BCUT2D eigenvalue weighted by Gasteiger charge is 2.49. The van der Waals surface area contributed by atoms with E-state index in [0.717, 1.165) is 92.9 Å². The Bertz CT molecular complexity index is 3440. The zero-order valence-corrected chi connectivity index (χ0v) is 54.6. The lowest BCUT2D eigenvalue weighted by Gasteiger charge is -2.35. The molecule has 0 radical (unpaired) electrons. The molecule has 0 fully saturated rings. The van der Waals surface area contributed by atoms with Crippen LogP contribution in [0.4, 0.5) is 0 Å². The van der Waals surface area contributed by atoms with Gasteiger partial charge in [0.25, 0.3) is 0 Å². The maximum Gasteiger partial charge on any atom is 0.343 e. The Morgan fingerprint density at radius 2 is 0.625 bits per heavy atom. The number of unbranched alkanes of at least 4 members (excludes halogenated alkanes) is 20. The van der Waals surface area contributed by atoms with Crippen molar-refractivity contribution in [2.24, 2.45) is 0 Å². The lowest BCUT2D eigenvalue weighted by Crippen LogP contribution is -2.27. The molecule has 0 amide bonds. The minimum atomic E-state index is -0.374. The predicted molar refractivity (Wildman–Crippen MR) is 371 cm³/mol. The molecule has 2 heterocycles. The molecule has 458 valence electrons. The van der Waals surface area contributed by atoms with Crippen molar-refractivity contribution in [3.63, 3.8) is 0 Å². The van der Waals surface area contributed by atoms with E-state index >= 15 is 0 Å². The van der Waals surface area contributed by atoms with Crippen molar-refractivity contribution in [3.8, 4) is 54.9 Å². The van der Waals surface area contributed by atoms with E-state index in [0.29, 0.717) is 22.6 Å². The van der Waals surface area contributed by atoms with Gasteiger partial charge in [-0.3, -0.25) is 0 Å². The van der Waals surface area contributed by atoms with E-state index in [1.807, 2.05) is 60.7 Å². The molecular weight excluding hydrogens is 1120 g/mol. The number of esters is 2. The highest BCUT2D eigenvalue weighted by molar-refractivity contribution is 7.22. The standard InChI is InChI=1S/C80H92N2O4S2/c1-5-9-13-17-21-35-47-79(48-36-22-18-14-10-6-2)65-51-60-62-56-72(86-78(84)58-41-29-26-30-42-58)64(76-82-70-44-32-34-46-74(70)88-76)54-68(62)80(49-37-23-19-15-11-7-3,50-38-24-20-16-12-8-4)66(60)52-59(65)61-55-71(85-77(83)57-39-27-25-28-40-57)63(53-67(61)79)75-81-69-43-31-33-45-73(69)87-75/h25-34,39-46,51-56H,5-24,35-38,47-50H2,1-4H3. The number of carbonyl (C=O) groups is 2. The Labute approximate surface area is 533 Å². The second-order valence-corrected chi connectivity index (χ2v) is 27.5. The molecule has 0 atom stereocenters. The summed E-state index contributed by atoms with van der Waals surface area (Å²) in [5.74, 6) is 0.347. The van der Waals surface area contributed by atoms with Crippen molar-refractivity contribution in [2.45, 2.75) is 218 Å². The van der Waals surface area contributed by atoms with Gasteiger partial charge in [-0.05, 0) is 155 Å². The van der Waals surface area contributed by atoms with Crippen molar-refractivity contribution in [1.82, 2.24) is 9.97 Å². The van der Waals surface area contributed by atoms with Crippen LogP contribution in [0, 0.1) is 0 Å². The molecule has 0 spiro atoms. The molecule has 6 nitrogen and oxygen atoms in total. The van der Waals surface area contributed by atoms with Gasteiger partial charge in [-0.25, -0.2) is 19.6 Å². The van der Waals surface area contributed by atoms with Crippen molar-refractivity contribution >= 4 is 55.0 Å². The van der Waals surface area contributed by atoms with Crippen molar-refractivity contribution in [1.29, 1.82) is 0 Å². The Morgan fingerprint density at radius 1 is 0.341 bits per heavy atom. The first-order valence-electron chi connectivity index (χ1n) is 34.1. The van der Waals surface area contributed by atoms with E-state index in [2.05, 4.69) is 113 Å². The van der Waals surface area contributed by atoms with Crippen LogP contribution in [0.15, 0.2) is 146 Å². The lowest BCUT2D eigenvalue weighted by atomic mass is 9.68.